The van der Waals surface area contributed by atoms with Crippen molar-refractivity contribution in [1.82, 2.24) is 10.0 Å². The first kappa shape index (κ1) is 25.2. The highest BCUT2D eigenvalue weighted by molar-refractivity contribution is 7.88. The van der Waals surface area contributed by atoms with Crippen LogP contribution in [0, 0.1) is 0 Å². The van der Waals surface area contributed by atoms with Gasteiger partial charge in [-0.15, -0.1) is 0 Å². The molecule has 0 spiro atoms. The average molecular weight is 489 g/mol. The van der Waals surface area contributed by atoms with Gasteiger partial charge >= 0.3 is 6.03 Å². The van der Waals surface area contributed by atoms with Crippen LogP contribution in [0.4, 0.5) is 16.2 Å². The minimum Gasteiger partial charge on any atom is -0.507 e. The Kier molecular flexibility index (Phi) is 6.99. The summed E-state index contributed by atoms with van der Waals surface area (Å²) in [6, 6.07) is 9.08. The van der Waals surface area contributed by atoms with Gasteiger partial charge in [0.1, 0.15) is 5.75 Å². The molecule has 0 atom stereocenters. The number of carbonyl (C=O) groups is 3. The maximum Gasteiger partial charge on any atom is 0.328 e. The highest BCUT2D eigenvalue weighted by atomic mass is 32.2. The van der Waals surface area contributed by atoms with Crippen LogP contribution in [0.3, 0.4) is 0 Å². The maximum absolute atomic E-state index is 13.2. The number of carbonyl (C=O) groups excluding carboxylic acids is 3. The first-order valence-corrected chi connectivity index (χ1v) is 12.5. The van der Waals surface area contributed by atoms with Crippen molar-refractivity contribution < 1.29 is 27.9 Å². The smallest absolute Gasteiger partial charge is 0.328 e. The molecule has 3 rings (SSSR count). The van der Waals surface area contributed by atoms with E-state index in [-0.39, 0.29) is 36.7 Å². The molecule has 1 aliphatic heterocycles. The van der Waals surface area contributed by atoms with Gasteiger partial charge in [-0.25, -0.2) is 17.9 Å². The van der Waals surface area contributed by atoms with Crippen LogP contribution in [0.15, 0.2) is 36.4 Å². The number of rotatable bonds is 6. The number of benzene rings is 2. The van der Waals surface area contributed by atoms with Gasteiger partial charge in [-0.1, -0.05) is 32.9 Å². The van der Waals surface area contributed by atoms with Gasteiger partial charge in [0.2, 0.25) is 15.9 Å². The number of hydrogen-bond donors (Lipinski definition) is 4. The van der Waals surface area contributed by atoms with E-state index in [0.717, 1.165) is 6.26 Å². The summed E-state index contributed by atoms with van der Waals surface area (Å²) >= 11 is 0. The van der Waals surface area contributed by atoms with E-state index >= 15 is 0 Å². The quantitative estimate of drug-likeness (QED) is 0.491. The summed E-state index contributed by atoms with van der Waals surface area (Å²) in [7, 11) is -3.38. The lowest BCUT2D eigenvalue weighted by molar-refractivity contribution is -0.120. The van der Waals surface area contributed by atoms with Crippen molar-refractivity contribution in [2.45, 2.75) is 39.2 Å². The van der Waals surface area contributed by atoms with E-state index in [1.54, 1.807) is 30.3 Å². The average Bonchev–Trinajstić information content (AvgIpc) is 2.71. The van der Waals surface area contributed by atoms with Gasteiger partial charge in [0.05, 0.1) is 11.8 Å². The Balaban J connectivity index is 1.94. The summed E-state index contributed by atoms with van der Waals surface area (Å²) in [5.74, 6) is -1.19. The largest absolute Gasteiger partial charge is 0.507 e. The van der Waals surface area contributed by atoms with Gasteiger partial charge in [0.15, 0.2) is 0 Å². The third-order valence-electron chi connectivity index (χ3n) is 5.24. The number of imide groups is 1. The van der Waals surface area contributed by atoms with Crippen molar-refractivity contribution >= 4 is 39.2 Å². The maximum atomic E-state index is 13.2. The van der Waals surface area contributed by atoms with E-state index < -0.39 is 27.4 Å². The molecule has 11 heteroatoms. The number of urea groups is 1. The van der Waals surface area contributed by atoms with Crippen molar-refractivity contribution in [2.75, 3.05) is 23.0 Å². The Morgan fingerprint density at radius 2 is 1.88 bits per heavy atom. The Morgan fingerprint density at radius 3 is 2.50 bits per heavy atom. The number of sulfonamides is 1. The number of phenols is 1. The summed E-state index contributed by atoms with van der Waals surface area (Å²) in [5, 5.41) is 15.9. The summed E-state index contributed by atoms with van der Waals surface area (Å²) in [5.41, 5.74) is 1.29. The van der Waals surface area contributed by atoms with Gasteiger partial charge < -0.3 is 10.4 Å². The minimum atomic E-state index is -3.38. The van der Waals surface area contributed by atoms with Crippen LogP contribution in [0.2, 0.25) is 0 Å². The Morgan fingerprint density at radius 1 is 1.18 bits per heavy atom. The number of anilines is 2. The molecule has 0 aliphatic carbocycles. The van der Waals surface area contributed by atoms with Crippen molar-refractivity contribution in [3.8, 4) is 5.75 Å². The molecule has 0 radical (unpaired) electrons. The fourth-order valence-electron chi connectivity index (χ4n) is 3.50. The lowest BCUT2D eigenvalue weighted by Gasteiger charge is -2.29. The second-order valence-electron chi connectivity index (χ2n) is 9.14. The third-order valence-corrected chi connectivity index (χ3v) is 5.91. The van der Waals surface area contributed by atoms with E-state index in [4.69, 9.17) is 0 Å². The van der Waals surface area contributed by atoms with Crippen LogP contribution in [0.5, 0.6) is 5.75 Å². The highest BCUT2D eigenvalue weighted by Crippen LogP contribution is 2.37. The van der Waals surface area contributed by atoms with Gasteiger partial charge in [-0.3, -0.25) is 19.8 Å². The highest BCUT2D eigenvalue weighted by Gasteiger charge is 2.29. The molecule has 0 aromatic heterocycles. The first-order chi connectivity index (χ1) is 15.7. The monoisotopic (exact) mass is 488 g/mol. The summed E-state index contributed by atoms with van der Waals surface area (Å²) in [4.78, 5) is 38.4. The van der Waals surface area contributed by atoms with Crippen LogP contribution in [-0.4, -0.2) is 44.2 Å². The third kappa shape index (κ3) is 6.12. The molecule has 0 saturated carbocycles. The first-order valence-electron chi connectivity index (χ1n) is 10.6. The number of amides is 4. The number of phenolic OH excluding ortho intramolecular Hbond substituents is 1. The Hall–Kier alpha value is -3.44. The number of nitrogens with one attached hydrogen (secondary N) is 3. The predicted molar refractivity (Wildman–Crippen MR) is 128 cm³/mol. The molecule has 1 saturated heterocycles. The summed E-state index contributed by atoms with van der Waals surface area (Å²) in [6.07, 6.45) is 1.17. The molecular weight excluding hydrogens is 460 g/mol. The Bertz CT molecular complexity index is 1250. The van der Waals surface area contributed by atoms with Gasteiger partial charge in [0.25, 0.3) is 5.91 Å². The molecule has 10 nitrogen and oxygen atoms in total. The fraction of sp³-hybridized carbons (Fsp3) is 0.348. The van der Waals surface area contributed by atoms with Crippen molar-refractivity contribution in [3.05, 3.63) is 53.1 Å². The zero-order chi connectivity index (χ0) is 25.3. The van der Waals surface area contributed by atoms with Crippen molar-refractivity contribution in [1.29, 1.82) is 0 Å². The zero-order valence-corrected chi connectivity index (χ0v) is 20.2. The molecule has 0 unspecified atom stereocenters. The number of nitrogens with zero attached hydrogens (tertiary/aromatic N) is 1. The molecule has 182 valence electrons. The SMILES string of the molecule is CC(C)(C)c1cc(N2CCC(=O)NC2=O)cc(C(=O)Nc2cccc(CNS(C)(=O)=O)c2)c1O. The molecule has 4 amide bonds. The van der Waals surface area contributed by atoms with Crippen LogP contribution >= 0.6 is 0 Å². The molecule has 1 fully saturated rings. The van der Waals surface area contributed by atoms with E-state index in [0.29, 0.717) is 22.5 Å². The normalized spacial score (nSPS) is 14.6. The molecule has 2 aromatic carbocycles. The number of hydrogen-bond acceptors (Lipinski definition) is 6. The van der Waals surface area contributed by atoms with Gasteiger partial charge in [0, 0.05) is 36.4 Å². The molecular formula is C23H28N4O6S. The molecule has 1 heterocycles. The van der Waals surface area contributed by atoms with Crippen LogP contribution in [-0.2, 0) is 26.8 Å². The topological polar surface area (TPSA) is 145 Å². The van der Waals surface area contributed by atoms with Crippen LogP contribution < -0.4 is 20.3 Å². The summed E-state index contributed by atoms with van der Waals surface area (Å²) < 4.78 is 25.1. The molecule has 34 heavy (non-hydrogen) atoms. The zero-order valence-electron chi connectivity index (χ0n) is 19.4. The predicted octanol–water partition coefficient (Wildman–Crippen LogP) is 2.44. The lowest BCUT2D eigenvalue weighted by atomic mass is 9.84. The molecule has 0 bridgehead atoms. The lowest BCUT2D eigenvalue weighted by Crippen LogP contribution is -2.49. The van der Waals surface area contributed by atoms with Gasteiger partial charge in [-0.05, 0) is 35.2 Å². The number of aromatic hydroxyl groups is 1. The standard InChI is InChI=1S/C23H28N4O6S/c1-23(2,3)18-12-16(27-9-8-19(28)26-22(27)31)11-17(20(18)29)21(30)25-15-7-5-6-14(10-15)13-24-34(4,32)33/h5-7,10-12,24,29H,8-9,13H2,1-4H3,(H,25,30)(H,26,28,31). The van der Waals surface area contributed by atoms with Crippen molar-refractivity contribution in [3.63, 3.8) is 0 Å². The van der Waals surface area contributed by atoms with Crippen LogP contribution in [0.1, 0.15) is 48.7 Å². The van der Waals surface area contributed by atoms with E-state index in [1.165, 1.54) is 11.0 Å². The van der Waals surface area contributed by atoms with Crippen molar-refractivity contribution in [2.24, 2.45) is 0 Å². The van der Waals surface area contributed by atoms with Crippen LogP contribution in [0.25, 0.3) is 0 Å². The molecule has 1 aliphatic rings. The second kappa shape index (κ2) is 9.43. The molecule has 4 N–H and O–H groups in total. The fourth-order valence-corrected chi connectivity index (χ4v) is 3.93. The second-order valence-corrected chi connectivity index (χ2v) is 11.0. The molecule has 2 aromatic rings. The van der Waals surface area contributed by atoms with Gasteiger partial charge in [-0.2, -0.15) is 0 Å². The van der Waals surface area contributed by atoms with E-state index in [9.17, 15) is 27.9 Å². The minimum absolute atomic E-state index is 0.0354. The van der Waals surface area contributed by atoms with E-state index in [1.807, 2.05) is 20.8 Å². The Labute approximate surface area is 198 Å². The van der Waals surface area contributed by atoms with E-state index in [2.05, 4.69) is 15.4 Å². The summed E-state index contributed by atoms with van der Waals surface area (Å²) in [6.45, 7) is 5.80.